The molecule has 0 saturated carbocycles. The first-order chi connectivity index (χ1) is 10.9. The van der Waals surface area contributed by atoms with Crippen molar-refractivity contribution in [1.82, 2.24) is 10.6 Å². The van der Waals surface area contributed by atoms with Gasteiger partial charge in [0.25, 0.3) is 0 Å². The largest absolute Gasteiger partial charge is 0.372 e. The number of nitrogens with one attached hydrogen (secondary N) is 2. The van der Waals surface area contributed by atoms with Gasteiger partial charge in [0, 0.05) is 25.9 Å². The van der Waals surface area contributed by atoms with Gasteiger partial charge in [0.15, 0.2) is 0 Å². The number of amidine groups is 2. The van der Waals surface area contributed by atoms with Crippen molar-refractivity contribution in [1.29, 1.82) is 0 Å². The Morgan fingerprint density at radius 2 is 0.875 bits per heavy atom. The lowest BCUT2D eigenvalue weighted by Gasteiger charge is -2.04. The van der Waals surface area contributed by atoms with Crippen LogP contribution < -0.4 is 10.6 Å². The van der Waals surface area contributed by atoms with Crippen molar-refractivity contribution in [2.24, 2.45) is 9.98 Å². The summed E-state index contributed by atoms with van der Waals surface area (Å²) in [5.41, 5.74) is 0. The molecule has 0 radical (unpaired) electrons. The van der Waals surface area contributed by atoms with Gasteiger partial charge in [-0.1, -0.05) is 51.4 Å². The maximum atomic E-state index is 4.44. The Balaban J connectivity index is 0.00000264. The standard InChI is InChI=1S/C18H34N4.2ClH/c1(3-5-7-9-11-17-19-13-14-20-17)2-4-6-8-10-12-18-21-15-16-22-18;;/h1-16H2,(H,19,20)(H,21,22);2*1H. The van der Waals surface area contributed by atoms with Crippen molar-refractivity contribution in [2.75, 3.05) is 26.2 Å². The Kier molecular flexibility index (Phi) is 15.7. The van der Waals surface area contributed by atoms with Crippen molar-refractivity contribution in [3.05, 3.63) is 0 Å². The lowest BCUT2D eigenvalue weighted by molar-refractivity contribution is 0.555. The average molecular weight is 379 g/mol. The molecule has 0 bridgehead atoms. The van der Waals surface area contributed by atoms with Crippen LogP contribution >= 0.6 is 24.8 Å². The van der Waals surface area contributed by atoms with E-state index < -0.39 is 0 Å². The normalized spacial score (nSPS) is 15.7. The van der Waals surface area contributed by atoms with Crippen molar-refractivity contribution in [3.8, 4) is 0 Å². The van der Waals surface area contributed by atoms with Crippen LogP contribution in [-0.4, -0.2) is 37.9 Å². The Bertz CT molecular complexity index is 325. The first-order valence-electron chi connectivity index (χ1n) is 9.49. The lowest BCUT2D eigenvalue weighted by Crippen LogP contribution is -2.17. The van der Waals surface area contributed by atoms with Gasteiger partial charge in [-0.25, -0.2) is 0 Å². The fraction of sp³-hybridized carbons (Fsp3) is 0.889. The summed E-state index contributed by atoms with van der Waals surface area (Å²) in [5, 5.41) is 6.70. The lowest BCUT2D eigenvalue weighted by atomic mass is 10.0. The number of unbranched alkanes of at least 4 members (excludes halogenated alkanes) is 9. The van der Waals surface area contributed by atoms with Crippen molar-refractivity contribution in [3.63, 3.8) is 0 Å². The van der Waals surface area contributed by atoms with E-state index in [-0.39, 0.29) is 24.8 Å². The molecule has 142 valence electrons. The maximum Gasteiger partial charge on any atom is 0.0964 e. The first kappa shape index (κ1) is 23.5. The summed E-state index contributed by atoms with van der Waals surface area (Å²) in [5.74, 6) is 2.50. The molecule has 0 atom stereocenters. The third-order valence-corrected chi connectivity index (χ3v) is 4.56. The Hall–Kier alpha value is -0.480. The third kappa shape index (κ3) is 11.1. The summed E-state index contributed by atoms with van der Waals surface area (Å²) in [7, 11) is 0. The number of hydrogen-bond acceptors (Lipinski definition) is 4. The van der Waals surface area contributed by atoms with Gasteiger partial charge in [-0.2, -0.15) is 0 Å². The molecule has 0 aromatic rings. The van der Waals surface area contributed by atoms with Crippen LogP contribution in [-0.2, 0) is 0 Å². The van der Waals surface area contributed by atoms with Gasteiger partial charge in [-0.3, -0.25) is 9.98 Å². The summed E-state index contributed by atoms with van der Waals surface area (Å²) >= 11 is 0. The summed E-state index contributed by atoms with van der Waals surface area (Å²) in [4.78, 5) is 8.88. The molecule has 2 rings (SSSR count). The van der Waals surface area contributed by atoms with E-state index in [0.717, 1.165) is 26.2 Å². The molecule has 24 heavy (non-hydrogen) atoms. The van der Waals surface area contributed by atoms with Crippen LogP contribution in [0.3, 0.4) is 0 Å². The van der Waals surface area contributed by atoms with E-state index in [4.69, 9.17) is 0 Å². The number of halogens is 2. The molecule has 2 N–H and O–H groups in total. The average Bonchev–Trinajstić information content (AvgIpc) is 3.21. The quantitative estimate of drug-likeness (QED) is 0.463. The second kappa shape index (κ2) is 16.0. The van der Waals surface area contributed by atoms with Gasteiger partial charge in [0.05, 0.1) is 24.8 Å². The van der Waals surface area contributed by atoms with Gasteiger partial charge in [0.2, 0.25) is 0 Å². The van der Waals surface area contributed by atoms with Crippen LogP contribution in [0.1, 0.15) is 77.0 Å². The zero-order chi connectivity index (χ0) is 15.3. The molecular weight excluding hydrogens is 343 g/mol. The van der Waals surface area contributed by atoms with Gasteiger partial charge in [-0.15, -0.1) is 24.8 Å². The van der Waals surface area contributed by atoms with Crippen molar-refractivity contribution in [2.45, 2.75) is 77.0 Å². The highest BCUT2D eigenvalue weighted by molar-refractivity contribution is 5.85. The van der Waals surface area contributed by atoms with Crippen molar-refractivity contribution < 1.29 is 0 Å². The molecule has 0 amide bonds. The number of nitrogens with zero attached hydrogens (tertiary/aromatic N) is 2. The fourth-order valence-electron chi connectivity index (χ4n) is 3.23. The van der Waals surface area contributed by atoms with Crippen LogP contribution in [0.5, 0.6) is 0 Å². The van der Waals surface area contributed by atoms with Crippen LogP contribution in [0.25, 0.3) is 0 Å². The second-order valence-corrected chi connectivity index (χ2v) is 6.55. The molecule has 0 aliphatic carbocycles. The highest BCUT2D eigenvalue weighted by Crippen LogP contribution is 2.12. The zero-order valence-corrected chi connectivity index (χ0v) is 16.7. The third-order valence-electron chi connectivity index (χ3n) is 4.56. The Labute approximate surface area is 160 Å². The van der Waals surface area contributed by atoms with Gasteiger partial charge in [-0.05, 0) is 12.8 Å². The zero-order valence-electron chi connectivity index (χ0n) is 15.0. The van der Waals surface area contributed by atoms with Gasteiger partial charge < -0.3 is 10.6 Å². The number of hydrogen-bond donors (Lipinski definition) is 2. The molecule has 0 aromatic carbocycles. The Morgan fingerprint density at radius 1 is 0.542 bits per heavy atom. The van der Waals surface area contributed by atoms with Crippen LogP contribution in [0, 0.1) is 0 Å². The molecular formula is C18H36Cl2N4. The minimum absolute atomic E-state index is 0. The monoisotopic (exact) mass is 378 g/mol. The molecule has 0 fully saturated rings. The number of aliphatic imine (C=N–C) groups is 2. The summed E-state index contributed by atoms with van der Waals surface area (Å²) in [6, 6.07) is 0. The molecule has 6 heteroatoms. The molecule has 2 aliphatic heterocycles. The Morgan fingerprint density at radius 3 is 1.17 bits per heavy atom. The van der Waals surface area contributed by atoms with Gasteiger partial charge in [0.1, 0.15) is 0 Å². The van der Waals surface area contributed by atoms with E-state index in [1.54, 1.807) is 0 Å². The highest BCUT2D eigenvalue weighted by Gasteiger charge is 2.04. The summed E-state index contributed by atoms with van der Waals surface area (Å²) in [6.07, 6.45) is 16.2. The minimum atomic E-state index is 0. The second-order valence-electron chi connectivity index (χ2n) is 6.55. The first-order valence-corrected chi connectivity index (χ1v) is 9.49. The van der Waals surface area contributed by atoms with E-state index in [2.05, 4.69) is 20.6 Å². The van der Waals surface area contributed by atoms with E-state index >= 15 is 0 Å². The maximum absolute atomic E-state index is 4.44. The SMILES string of the molecule is C(CCCCCCC1=NCCN1)CCCCCC1=NCCN1.Cl.Cl. The molecule has 0 unspecified atom stereocenters. The van der Waals surface area contributed by atoms with E-state index in [0.29, 0.717) is 0 Å². The predicted molar refractivity (Wildman–Crippen MR) is 111 cm³/mol. The van der Waals surface area contributed by atoms with Crippen LogP contribution in [0.4, 0.5) is 0 Å². The molecule has 2 aliphatic rings. The van der Waals surface area contributed by atoms with Gasteiger partial charge >= 0.3 is 0 Å². The topological polar surface area (TPSA) is 48.8 Å². The summed E-state index contributed by atoms with van der Waals surface area (Å²) in [6.45, 7) is 4.08. The highest BCUT2D eigenvalue weighted by atomic mass is 35.5. The summed E-state index contributed by atoms with van der Waals surface area (Å²) < 4.78 is 0. The van der Waals surface area contributed by atoms with E-state index in [1.807, 2.05) is 0 Å². The molecule has 0 saturated heterocycles. The van der Waals surface area contributed by atoms with Crippen LogP contribution in [0.2, 0.25) is 0 Å². The number of rotatable bonds is 13. The molecule has 2 heterocycles. The van der Waals surface area contributed by atoms with E-state index in [1.165, 1.54) is 88.7 Å². The fourth-order valence-corrected chi connectivity index (χ4v) is 3.23. The smallest absolute Gasteiger partial charge is 0.0964 e. The molecule has 0 spiro atoms. The predicted octanol–water partition coefficient (Wildman–Crippen LogP) is 4.51. The van der Waals surface area contributed by atoms with E-state index in [9.17, 15) is 0 Å². The minimum Gasteiger partial charge on any atom is -0.372 e. The molecule has 0 aromatic heterocycles. The van der Waals surface area contributed by atoms with Crippen LogP contribution in [0.15, 0.2) is 9.98 Å². The molecule has 4 nitrogen and oxygen atoms in total. The van der Waals surface area contributed by atoms with Crippen molar-refractivity contribution >= 4 is 36.5 Å².